The number of hydrogen-bond acceptors (Lipinski definition) is 5. The number of ether oxygens (including phenoxy) is 1. The summed E-state index contributed by atoms with van der Waals surface area (Å²) in [4.78, 5) is 14.5. The topological polar surface area (TPSA) is 72.9 Å². The minimum atomic E-state index is -4.10. The Bertz CT molecular complexity index is 1010. The number of halogens is 1. The normalized spacial score (nSPS) is 16.5. The van der Waals surface area contributed by atoms with Gasteiger partial charge in [-0.25, -0.2) is 0 Å². The summed E-state index contributed by atoms with van der Waals surface area (Å²) in [5.41, 5.74) is 1.28. The van der Waals surface area contributed by atoms with Crippen molar-refractivity contribution in [1.82, 2.24) is 4.90 Å². The summed E-state index contributed by atoms with van der Waals surface area (Å²) < 4.78 is 36.7. The summed E-state index contributed by atoms with van der Waals surface area (Å²) in [6, 6.07) is 11.6. The lowest BCUT2D eigenvalue weighted by atomic mass is 10.1. The van der Waals surface area contributed by atoms with E-state index < -0.39 is 10.1 Å². The highest BCUT2D eigenvalue weighted by molar-refractivity contribution is 7.87. The fourth-order valence-corrected chi connectivity index (χ4v) is 5.36. The van der Waals surface area contributed by atoms with Crippen molar-refractivity contribution >= 4 is 27.6 Å². The van der Waals surface area contributed by atoms with Crippen molar-refractivity contribution in [3.05, 3.63) is 58.6 Å². The molecule has 1 aliphatic heterocycles. The highest BCUT2D eigenvalue weighted by atomic mass is 35.5. The quantitative estimate of drug-likeness (QED) is 0.533. The number of benzene rings is 2. The van der Waals surface area contributed by atoms with Crippen LogP contribution >= 0.6 is 11.6 Å². The van der Waals surface area contributed by atoms with Gasteiger partial charge in [0, 0.05) is 25.6 Å². The Morgan fingerprint density at radius 2 is 2.00 bits per heavy atom. The first kappa shape index (κ1) is 23.6. The predicted molar refractivity (Wildman–Crippen MR) is 120 cm³/mol. The molecule has 2 aromatic rings. The lowest BCUT2D eigenvalue weighted by Gasteiger charge is -2.27. The molecule has 0 aliphatic carbocycles. The summed E-state index contributed by atoms with van der Waals surface area (Å²) in [6.07, 6.45) is 1.96. The molecule has 8 heteroatoms. The van der Waals surface area contributed by atoms with E-state index in [0.717, 1.165) is 25.0 Å². The molecule has 0 spiro atoms. The summed E-state index contributed by atoms with van der Waals surface area (Å²) in [5, 5.41) is 0.112. The molecule has 0 unspecified atom stereocenters. The van der Waals surface area contributed by atoms with E-state index in [1.165, 1.54) is 6.07 Å². The van der Waals surface area contributed by atoms with Crippen molar-refractivity contribution < 1.29 is 22.1 Å². The van der Waals surface area contributed by atoms with Gasteiger partial charge in [0.2, 0.25) is 5.91 Å². The molecule has 2 aromatic carbocycles. The summed E-state index contributed by atoms with van der Waals surface area (Å²) in [6.45, 7) is 6.97. The van der Waals surface area contributed by atoms with Crippen LogP contribution < -0.4 is 4.18 Å². The molecule has 6 nitrogen and oxygen atoms in total. The van der Waals surface area contributed by atoms with Gasteiger partial charge in [-0.1, -0.05) is 49.7 Å². The Morgan fingerprint density at radius 1 is 1.26 bits per heavy atom. The smallest absolute Gasteiger partial charge is 0.340 e. The molecule has 0 saturated carbocycles. The molecular formula is C23H28ClNO5S. The van der Waals surface area contributed by atoms with E-state index in [1.807, 2.05) is 19.9 Å². The molecule has 1 amide bonds. The predicted octanol–water partition coefficient (Wildman–Crippen LogP) is 4.58. The highest BCUT2D eigenvalue weighted by Gasteiger charge is 2.25. The second-order valence-corrected chi connectivity index (χ2v) is 9.97. The summed E-state index contributed by atoms with van der Waals surface area (Å²) >= 11 is 6.11. The average molecular weight is 466 g/mol. The van der Waals surface area contributed by atoms with Gasteiger partial charge in [0.05, 0.1) is 11.1 Å². The molecule has 31 heavy (non-hydrogen) atoms. The fraction of sp³-hybridized carbons (Fsp3) is 0.435. The van der Waals surface area contributed by atoms with E-state index in [2.05, 4.69) is 0 Å². The van der Waals surface area contributed by atoms with Crippen LogP contribution in [0, 0.1) is 12.8 Å². The third-order valence-electron chi connectivity index (χ3n) is 5.15. The van der Waals surface area contributed by atoms with Crippen LogP contribution in [0.4, 0.5) is 0 Å². The van der Waals surface area contributed by atoms with Crippen LogP contribution in [0.2, 0.25) is 5.02 Å². The Morgan fingerprint density at radius 3 is 2.65 bits per heavy atom. The molecule has 1 aliphatic rings. The van der Waals surface area contributed by atoms with Crippen molar-refractivity contribution in [2.24, 2.45) is 5.92 Å². The molecule has 1 saturated heterocycles. The first-order valence-corrected chi connectivity index (χ1v) is 12.1. The van der Waals surface area contributed by atoms with Crippen molar-refractivity contribution in [2.45, 2.75) is 51.2 Å². The van der Waals surface area contributed by atoms with Gasteiger partial charge < -0.3 is 13.8 Å². The molecule has 1 heterocycles. The average Bonchev–Trinajstić information content (AvgIpc) is 3.19. The lowest BCUT2D eigenvalue weighted by Crippen LogP contribution is -2.39. The van der Waals surface area contributed by atoms with Gasteiger partial charge in [0.1, 0.15) is 10.6 Å². The Labute approximate surface area is 189 Å². The number of rotatable bonds is 8. The highest BCUT2D eigenvalue weighted by Crippen LogP contribution is 2.28. The third kappa shape index (κ3) is 5.99. The van der Waals surface area contributed by atoms with Crippen LogP contribution in [0.25, 0.3) is 0 Å². The van der Waals surface area contributed by atoms with E-state index in [9.17, 15) is 13.2 Å². The monoisotopic (exact) mass is 465 g/mol. The zero-order chi connectivity index (χ0) is 22.6. The molecule has 1 fully saturated rings. The van der Waals surface area contributed by atoms with Gasteiger partial charge in [-0.3, -0.25) is 4.79 Å². The van der Waals surface area contributed by atoms with Crippen molar-refractivity contribution in [3.8, 4) is 5.75 Å². The van der Waals surface area contributed by atoms with Crippen LogP contribution in [0.5, 0.6) is 5.75 Å². The van der Waals surface area contributed by atoms with Gasteiger partial charge in [-0.15, -0.1) is 0 Å². The number of carbonyl (C=O) groups excluding carboxylic acids is 1. The van der Waals surface area contributed by atoms with Crippen LogP contribution in [0.3, 0.4) is 0 Å². The largest absolute Gasteiger partial charge is 0.379 e. The van der Waals surface area contributed by atoms with Gasteiger partial charge in [0.15, 0.2) is 0 Å². The molecule has 1 atom stereocenters. The maximum atomic E-state index is 12.8. The standard InChI is InChI=1S/C23H28ClNO5S/c1-16(2)23(26)25(15-20-10-6-12-29-20)14-18-8-5-9-19(13-18)30-31(27,28)22-17(3)7-4-11-21(22)24/h4-5,7-9,11,13,16,20H,6,10,12,14-15H2,1-3H3/t20-/m1/s1. The van der Waals surface area contributed by atoms with Crippen molar-refractivity contribution in [3.63, 3.8) is 0 Å². The molecule has 3 rings (SSSR count). The number of hydrogen-bond donors (Lipinski definition) is 0. The second kappa shape index (κ2) is 10.0. The zero-order valence-electron chi connectivity index (χ0n) is 18.0. The van der Waals surface area contributed by atoms with Crippen LogP contribution in [0.15, 0.2) is 47.4 Å². The Balaban J connectivity index is 1.80. The van der Waals surface area contributed by atoms with Gasteiger partial charge in [-0.2, -0.15) is 8.42 Å². The number of amides is 1. The Hall–Kier alpha value is -2.09. The number of aryl methyl sites for hydroxylation is 1. The van der Waals surface area contributed by atoms with Crippen LogP contribution in [-0.4, -0.2) is 38.5 Å². The van der Waals surface area contributed by atoms with Crippen LogP contribution in [-0.2, 0) is 26.2 Å². The molecule has 168 valence electrons. The fourth-order valence-electron chi connectivity index (χ4n) is 3.65. The van der Waals surface area contributed by atoms with Gasteiger partial charge in [-0.05, 0) is 49.1 Å². The first-order valence-electron chi connectivity index (χ1n) is 10.4. The van der Waals surface area contributed by atoms with E-state index in [0.29, 0.717) is 18.7 Å². The third-order valence-corrected chi connectivity index (χ3v) is 7.03. The SMILES string of the molecule is Cc1cccc(Cl)c1S(=O)(=O)Oc1cccc(CN(C[C@H]2CCCO2)C(=O)C(C)C)c1. The van der Waals surface area contributed by atoms with Crippen LogP contribution in [0.1, 0.15) is 37.8 Å². The molecule has 0 aromatic heterocycles. The first-order chi connectivity index (χ1) is 14.7. The maximum Gasteiger partial charge on any atom is 0.340 e. The number of carbonyl (C=O) groups is 1. The van der Waals surface area contributed by atoms with E-state index in [1.54, 1.807) is 42.2 Å². The molecule has 0 radical (unpaired) electrons. The maximum absolute atomic E-state index is 12.8. The minimum Gasteiger partial charge on any atom is -0.379 e. The summed E-state index contributed by atoms with van der Waals surface area (Å²) in [5.74, 6) is 0.0522. The van der Waals surface area contributed by atoms with E-state index in [4.69, 9.17) is 20.5 Å². The van der Waals surface area contributed by atoms with Crippen molar-refractivity contribution in [1.29, 1.82) is 0 Å². The lowest BCUT2D eigenvalue weighted by molar-refractivity contribution is -0.136. The van der Waals surface area contributed by atoms with Crippen molar-refractivity contribution in [2.75, 3.05) is 13.2 Å². The second-order valence-electron chi connectivity index (χ2n) is 8.08. The Kier molecular flexibility index (Phi) is 7.62. The minimum absolute atomic E-state index is 0.0288. The molecule has 0 N–H and O–H groups in total. The van der Waals surface area contributed by atoms with Gasteiger partial charge >= 0.3 is 10.1 Å². The summed E-state index contributed by atoms with van der Waals surface area (Å²) in [7, 11) is -4.10. The van der Waals surface area contributed by atoms with Gasteiger partial charge in [0.25, 0.3) is 0 Å². The zero-order valence-corrected chi connectivity index (χ0v) is 19.6. The number of nitrogens with zero attached hydrogens (tertiary/aromatic N) is 1. The molecule has 0 bridgehead atoms. The van der Waals surface area contributed by atoms with E-state index in [-0.39, 0.29) is 33.6 Å². The molecular weight excluding hydrogens is 438 g/mol. The van der Waals surface area contributed by atoms with E-state index >= 15 is 0 Å².